The lowest BCUT2D eigenvalue weighted by molar-refractivity contribution is 0.386. The van der Waals surface area contributed by atoms with Crippen molar-refractivity contribution in [3.05, 3.63) is 29.6 Å². The monoisotopic (exact) mass is 265 g/mol. The van der Waals surface area contributed by atoms with Crippen LogP contribution in [0.15, 0.2) is 23.2 Å². The Hall–Kier alpha value is -1.78. The Bertz CT molecular complexity index is 458. The van der Waals surface area contributed by atoms with E-state index in [4.69, 9.17) is 4.74 Å². The fourth-order valence-electron chi connectivity index (χ4n) is 1.80. The van der Waals surface area contributed by atoms with E-state index >= 15 is 0 Å². The molecule has 4 nitrogen and oxygen atoms in total. The summed E-state index contributed by atoms with van der Waals surface area (Å²) in [5.41, 5.74) is 1.03. The molecule has 2 N–H and O–H groups in total. The molecule has 0 unspecified atom stereocenters. The van der Waals surface area contributed by atoms with Crippen LogP contribution in [0.1, 0.15) is 18.4 Å². The summed E-state index contributed by atoms with van der Waals surface area (Å²) in [5, 5.41) is 6.56. The number of nitrogens with zero attached hydrogens (tertiary/aromatic N) is 1. The maximum Gasteiger partial charge on any atom is 0.191 e. The fourth-order valence-corrected chi connectivity index (χ4v) is 1.80. The van der Waals surface area contributed by atoms with Gasteiger partial charge in [-0.3, -0.25) is 4.99 Å². The van der Waals surface area contributed by atoms with Crippen LogP contribution in [0.4, 0.5) is 4.39 Å². The molecule has 1 saturated carbocycles. The largest absolute Gasteiger partial charge is 0.494 e. The second-order valence-corrected chi connectivity index (χ2v) is 4.64. The van der Waals surface area contributed by atoms with Gasteiger partial charge in [0.15, 0.2) is 17.5 Å². The van der Waals surface area contributed by atoms with Crippen molar-refractivity contribution in [3.8, 4) is 5.75 Å². The van der Waals surface area contributed by atoms with Gasteiger partial charge in [0.1, 0.15) is 0 Å². The molecule has 1 aliphatic carbocycles. The average Bonchev–Trinajstić information content (AvgIpc) is 3.23. The Labute approximate surface area is 113 Å². The molecule has 1 aliphatic rings. The summed E-state index contributed by atoms with van der Waals surface area (Å²) >= 11 is 0. The maximum absolute atomic E-state index is 13.3. The van der Waals surface area contributed by atoms with E-state index in [9.17, 15) is 4.39 Å². The van der Waals surface area contributed by atoms with Crippen LogP contribution in [0.25, 0.3) is 0 Å². The van der Waals surface area contributed by atoms with Gasteiger partial charge in [-0.15, -0.1) is 0 Å². The summed E-state index contributed by atoms with van der Waals surface area (Å²) in [6.45, 7) is 0.751. The number of aliphatic imine (C=N–C) groups is 1. The minimum absolute atomic E-state index is 0.290. The van der Waals surface area contributed by atoms with Crippen molar-refractivity contribution >= 4 is 5.96 Å². The lowest BCUT2D eigenvalue weighted by Gasteiger charge is -2.11. The highest BCUT2D eigenvalue weighted by molar-refractivity contribution is 5.80. The van der Waals surface area contributed by atoms with Gasteiger partial charge in [0.2, 0.25) is 0 Å². The van der Waals surface area contributed by atoms with Crippen LogP contribution in [0.3, 0.4) is 0 Å². The minimum Gasteiger partial charge on any atom is -0.494 e. The Morgan fingerprint density at radius 3 is 2.89 bits per heavy atom. The third kappa shape index (κ3) is 4.12. The molecule has 0 atom stereocenters. The molecule has 0 aromatic heterocycles. The molecular formula is C14H20FN3O. The van der Waals surface area contributed by atoms with E-state index in [1.165, 1.54) is 26.0 Å². The highest BCUT2D eigenvalue weighted by atomic mass is 19.1. The van der Waals surface area contributed by atoms with E-state index in [1.54, 1.807) is 19.2 Å². The molecule has 104 valence electrons. The number of hydrogen-bond donors (Lipinski definition) is 2. The van der Waals surface area contributed by atoms with Crippen LogP contribution in [0, 0.1) is 5.82 Å². The summed E-state index contributed by atoms with van der Waals surface area (Å²) < 4.78 is 18.2. The molecule has 1 aromatic rings. The van der Waals surface area contributed by atoms with Gasteiger partial charge >= 0.3 is 0 Å². The Kier molecular flexibility index (Phi) is 4.60. The molecule has 0 radical (unpaired) electrons. The predicted molar refractivity (Wildman–Crippen MR) is 74.2 cm³/mol. The number of rotatable bonds is 5. The first-order valence-corrected chi connectivity index (χ1v) is 6.52. The Balaban J connectivity index is 1.81. The number of methoxy groups -OCH3 is 1. The van der Waals surface area contributed by atoms with Gasteiger partial charge in [-0.1, -0.05) is 6.07 Å². The van der Waals surface area contributed by atoms with Crippen LogP contribution >= 0.6 is 0 Å². The zero-order chi connectivity index (χ0) is 13.7. The molecule has 5 heteroatoms. The molecule has 1 aromatic carbocycles. The minimum atomic E-state index is -0.328. The fraction of sp³-hybridized carbons (Fsp3) is 0.500. The normalized spacial score (nSPS) is 15.2. The third-order valence-electron chi connectivity index (χ3n) is 3.06. The van der Waals surface area contributed by atoms with Crippen LogP contribution in [-0.4, -0.2) is 32.7 Å². The standard InChI is InChI=1S/C14H20FN3O/c1-16-14(18-11-4-5-11)17-8-7-10-3-6-12(15)13(9-10)19-2/h3,6,9,11H,4-5,7-8H2,1-2H3,(H2,16,17,18). The lowest BCUT2D eigenvalue weighted by atomic mass is 10.1. The van der Waals surface area contributed by atoms with Crippen LogP contribution in [-0.2, 0) is 6.42 Å². The molecule has 1 fully saturated rings. The summed E-state index contributed by atoms with van der Waals surface area (Å²) in [7, 11) is 3.24. The Morgan fingerprint density at radius 2 is 2.26 bits per heavy atom. The number of hydrogen-bond acceptors (Lipinski definition) is 2. The second-order valence-electron chi connectivity index (χ2n) is 4.64. The predicted octanol–water partition coefficient (Wildman–Crippen LogP) is 1.70. The maximum atomic E-state index is 13.3. The molecule has 2 rings (SSSR count). The van der Waals surface area contributed by atoms with Gasteiger partial charge in [0.25, 0.3) is 0 Å². The van der Waals surface area contributed by atoms with E-state index in [1.807, 2.05) is 0 Å². The van der Waals surface area contributed by atoms with E-state index < -0.39 is 0 Å². The van der Waals surface area contributed by atoms with Gasteiger partial charge in [0, 0.05) is 19.6 Å². The summed E-state index contributed by atoms with van der Waals surface area (Å²) in [5.74, 6) is 0.792. The molecule has 19 heavy (non-hydrogen) atoms. The van der Waals surface area contributed by atoms with Gasteiger partial charge in [0.05, 0.1) is 7.11 Å². The van der Waals surface area contributed by atoms with Crippen molar-refractivity contribution < 1.29 is 9.13 Å². The molecule has 0 amide bonds. The number of ether oxygens (including phenoxy) is 1. The first kappa shape index (κ1) is 13.6. The molecule has 0 aliphatic heterocycles. The van der Waals surface area contributed by atoms with Crippen molar-refractivity contribution in [3.63, 3.8) is 0 Å². The quantitative estimate of drug-likeness (QED) is 0.629. The molecule has 0 bridgehead atoms. The van der Waals surface area contributed by atoms with Crippen molar-refractivity contribution in [2.24, 2.45) is 4.99 Å². The topological polar surface area (TPSA) is 45.7 Å². The van der Waals surface area contributed by atoms with Crippen molar-refractivity contribution in [1.82, 2.24) is 10.6 Å². The number of halogens is 1. The SMILES string of the molecule is CN=C(NCCc1ccc(F)c(OC)c1)NC1CC1. The van der Waals surface area contributed by atoms with Crippen molar-refractivity contribution in [1.29, 1.82) is 0 Å². The van der Waals surface area contributed by atoms with E-state index in [-0.39, 0.29) is 11.6 Å². The van der Waals surface area contributed by atoms with E-state index in [0.717, 1.165) is 24.5 Å². The van der Waals surface area contributed by atoms with Crippen LogP contribution in [0.5, 0.6) is 5.75 Å². The number of nitrogens with one attached hydrogen (secondary N) is 2. The highest BCUT2D eigenvalue weighted by Crippen LogP contribution is 2.19. The van der Waals surface area contributed by atoms with Gasteiger partial charge in [-0.05, 0) is 37.0 Å². The zero-order valence-electron chi connectivity index (χ0n) is 11.4. The van der Waals surface area contributed by atoms with E-state index in [2.05, 4.69) is 15.6 Å². The highest BCUT2D eigenvalue weighted by Gasteiger charge is 2.21. The van der Waals surface area contributed by atoms with Crippen molar-refractivity contribution in [2.45, 2.75) is 25.3 Å². The average molecular weight is 265 g/mol. The third-order valence-corrected chi connectivity index (χ3v) is 3.06. The Morgan fingerprint density at radius 1 is 1.47 bits per heavy atom. The second kappa shape index (κ2) is 6.41. The van der Waals surface area contributed by atoms with Gasteiger partial charge < -0.3 is 15.4 Å². The van der Waals surface area contributed by atoms with E-state index in [0.29, 0.717) is 6.04 Å². The van der Waals surface area contributed by atoms with Crippen LogP contribution < -0.4 is 15.4 Å². The van der Waals surface area contributed by atoms with Gasteiger partial charge in [-0.2, -0.15) is 0 Å². The molecule has 0 spiro atoms. The summed E-state index contributed by atoms with van der Waals surface area (Å²) in [4.78, 5) is 4.16. The zero-order valence-corrected chi connectivity index (χ0v) is 11.4. The van der Waals surface area contributed by atoms with Crippen LogP contribution in [0.2, 0.25) is 0 Å². The molecular weight excluding hydrogens is 245 g/mol. The number of guanidine groups is 1. The van der Waals surface area contributed by atoms with Crippen molar-refractivity contribution in [2.75, 3.05) is 20.7 Å². The number of benzene rings is 1. The first-order chi connectivity index (χ1) is 9.22. The smallest absolute Gasteiger partial charge is 0.191 e. The molecule has 0 saturated heterocycles. The summed E-state index contributed by atoms with van der Waals surface area (Å²) in [6, 6.07) is 5.52. The first-order valence-electron chi connectivity index (χ1n) is 6.52. The lowest BCUT2D eigenvalue weighted by Crippen LogP contribution is -2.39. The molecule has 0 heterocycles. The van der Waals surface area contributed by atoms with Gasteiger partial charge in [-0.25, -0.2) is 4.39 Å². The summed E-state index contributed by atoms with van der Waals surface area (Å²) in [6.07, 6.45) is 3.23.